The maximum Gasteiger partial charge on any atom is 0.417 e. The number of hydrogen-bond acceptors (Lipinski definition) is 12. The van der Waals surface area contributed by atoms with E-state index in [1.165, 1.54) is 9.80 Å². The van der Waals surface area contributed by atoms with Crippen molar-refractivity contribution in [2.45, 2.75) is 141 Å². The molecule has 2 saturated heterocycles. The summed E-state index contributed by atoms with van der Waals surface area (Å²) >= 11 is 0. The molecule has 2 aliphatic heterocycles. The fraction of sp³-hybridized carbons (Fsp3) is 0.793. The molecule has 4 fully saturated rings. The molecule has 14 nitrogen and oxygen atoms in total. The zero-order chi connectivity index (χ0) is 33.2. The minimum absolute atomic E-state index is 0. The van der Waals surface area contributed by atoms with E-state index in [9.17, 15) is 24.0 Å². The molecule has 5 N–H and O–H groups in total. The molecule has 0 aromatic heterocycles. The van der Waals surface area contributed by atoms with Crippen molar-refractivity contribution in [3.05, 3.63) is 0 Å². The lowest BCUT2D eigenvalue weighted by Gasteiger charge is -2.40. The molecule has 2 saturated carbocycles. The van der Waals surface area contributed by atoms with E-state index in [1.54, 1.807) is 41.5 Å². The number of nitrogens with two attached hydrogens (primary N) is 1. The van der Waals surface area contributed by atoms with Gasteiger partial charge in [0.1, 0.15) is 17.0 Å². The van der Waals surface area contributed by atoms with Crippen molar-refractivity contribution in [1.29, 1.82) is 0 Å². The number of amides is 4. The molecule has 44 heavy (non-hydrogen) atoms. The number of likely N-dealkylation sites (tertiary alicyclic amines) is 2. The van der Waals surface area contributed by atoms with Crippen molar-refractivity contribution >= 4 is 47.9 Å². The van der Waals surface area contributed by atoms with Gasteiger partial charge in [0.2, 0.25) is 11.8 Å². The summed E-state index contributed by atoms with van der Waals surface area (Å²) in [5.41, 5.74) is -1.43. The number of ketones is 1. The van der Waals surface area contributed by atoms with Gasteiger partial charge in [-0.15, -0.1) is 12.4 Å². The highest BCUT2D eigenvalue weighted by atomic mass is 35.5. The van der Waals surface area contributed by atoms with Crippen LogP contribution in [-0.4, -0.2) is 90.2 Å². The lowest BCUT2D eigenvalue weighted by Crippen LogP contribution is -2.52. The molecule has 0 unspecified atom stereocenters. The van der Waals surface area contributed by atoms with Gasteiger partial charge in [0.15, 0.2) is 0 Å². The Bertz CT molecular complexity index is 1030. The third-order valence-electron chi connectivity index (χ3n) is 7.85. The first-order valence-electron chi connectivity index (χ1n) is 14.6. The van der Waals surface area contributed by atoms with Gasteiger partial charge in [-0.2, -0.15) is 0 Å². The third kappa shape index (κ3) is 10.7. The van der Waals surface area contributed by atoms with Gasteiger partial charge in [0, 0.05) is 32.8 Å². The lowest BCUT2D eigenvalue weighted by molar-refractivity contribution is -0.133. The van der Waals surface area contributed by atoms with Crippen LogP contribution in [-0.2, 0) is 23.9 Å². The number of aliphatic hydroxyl groups excluding tert-OH is 1. The van der Waals surface area contributed by atoms with Crippen LogP contribution in [0.25, 0.3) is 0 Å². The quantitative estimate of drug-likeness (QED) is 0.212. The van der Waals surface area contributed by atoms with E-state index in [4.69, 9.17) is 25.0 Å². The van der Waals surface area contributed by atoms with Crippen LogP contribution < -0.4 is 5.90 Å². The van der Waals surface area contributed by atoms with Crippen LogP contribution in [0.15, 0.2) is 5.16 Å². The van der Waals surface area contributed by atoms with E-state index in [2.05, 4.69) is 11.1 Å². The molecule has 2 spiro atoms. The van der Waals surface area contributed by atoms with Crippen LogP contribution in [0.3, 0.4) is 0 Å². The molecule has 2 aliphatic carbocycles. The monoisotopic (exact) mass is 650 g/mol. The van der Waals surface area contributed by atoms with Gasteiger partial charge >= 0.3 is 12.2 Å². The van der Waals surface area contributed by atoms with Crippen LogP contribution >= 0.6 is 12.4 Å². The fourth-order valence-corrected chi connectivity index (χ4v) is 5.91. The van der Waals surface area contributed by atoms with Crippen molar-refractivity contribution in [2.75, 3.05) is 7.11 Å². The number of aliphatic hydroxyl groups is 1. The largest absolute Gasteiger partial charge is 0.443 e. The zero-order valence-electron chi connectivity index (χ0n) is 27.0. The molecular formula is C29H51ClN4O10. The highest BCUT2D eigenvalue weighted by molar-refractivity contribution is 5.96. The summed E-state index contributed by atoms with van der Waals surface area (Å²) in [6, 6.07) is 0. The molecule has 0 bridgehead atoms. The Morgan fingerprint density at radius 3 is 1.27 bits per heavy atom. The molecule has 4 aliphatic rings. The van der Waals surface area contributed by atoms with Gasteiger partial charge in [-0.1, -0.05) is 5.16 Å². The zero-order valence-corrected chi connectivity index (χ0v) is 27.8. The average Bonchev–Trinajstić information content (AvgIpc) is 3.43. The van der Waals surface area contributed by atoms with Crippen LogP contribution in [0, 0.1) is 0 Å². The number of hydrogen-bond donors (Lipinski definition) is 4. The fourth-order valence-electron chi connectivity index (χ4n) is 5.91. The lowest BCUT2D eigenvalue weighted by atomic mass is 9.79. The number of Topliss-reactive ketones (excluding diaryl/α,β-unsaturated/α-hetero) is 1. The molecule has 4 amide bonds. The summed E-state index contributed by atoms with van der Waals surface area (Å²) in [4.78, 5) is 62.6. The number of imide groups is 2. The summed E-state index contributed by atoms with van der Waals surface area (Å²) in [5.74, 6) is 3.38. The maximum atomic E-state index is 12.3. The minimum atomic E-state index is -0.619. The first-order chi connectivity index (χ1) is 20.0. The number of rotatable bonds is 0. The van der Waals surface area contributed by atoms with Crippen molar-refractivity contribution in [3.8, 4) is 0 Å². The molecule has 0 aromatic rings. The Balaban J connectivity index is 0.000000741. The Labute approximate surface area is 265 Å². The highest BCUT2D eigenvalue weighted by Gasteiger charge is 2.52. The van der Waals surface area contributed by atoms with Gasteiger partial charge < -0.3 is 25.0 Å². The van der Waals surface area contributed by atoms with Crippen LogP contribution in [0.5, 0.6) is 0 Å². The number of oxime groups is 1. The predicted molar refractivity (Wildman–Crippen MR) is 163 cm³/mol. The summed E-state index contributed by atoms with van der Waals surface area (Å²) < 4.78 is 10.7. The molecule has 0 aromatic carbocycles. The molecule has 0 atom stereocenters. The number of carbonyl (C=O) groups excluding carboxylic acids is 5. The van der Waals surface area contributed by atoms with E-state index in [0.29, 0.717) is 77.0 Å². The van der Waals surface area contributed by atoms with Crippen molar-refractivity contribution < 1.29 is 49.0 Å². The Hall–Kier alpha value is -2.81. The Kier molecular flexibility index (Phi) is 15.9. The van der Waals surface area contributed by atoms with E-state index in [1.807, 2.05) is 0 Å². The second kappa shape index (κ2) is 17.0. The number of ether oxygens (including phenoxy) is 2. The van der Waals surface area contributed by atoms with Gasteiger partial charge in [-0.25, -0.2) is 25.3 Å². The maximum absolute atomic E-state index is 12.3. The summed E-state index contributed by atoms with van der Waals surface area (Å²) in [6.45, 7) is 10.7. The first kappa shape index (κ1) is 41.2. The number of nitrogens with zero attached hydrogens (tertiary/aromatic N) is 3. The van der Waals surface area contributed by atoms with Crippen molar-refractivity contribution in [3.63, 3.8) is 0 Å². The smallest absolute Gasteiger partial charge is 0.417 e. The molecule has 2 heterocycles. The van der Waals surface area contributed by atoms with E-state index in [-0.39, 0.29) is 30.0 Å². The second-order valence-corrected chi connectivity index (χ2v) is 13.1. The average molecular weight is 651 g/mol. The summed E-state index contributed by atoms with van der Waals surface area (Å²) in [7, 11) is 1.00. The predicted octanol–water partition coefficient (Wildman–Crippen LogP) is 4.48. The standard InChI is InChI=1S/C14H22N2O4.C14H21NO4.CH4O.ClH.H3NO/c1-13(2,3)20-12(18)16-11(17)6-9-14(16)7-4-10(15-19)5-8-14;1-13(2,3)19-12(18)15-11(17)6-9-14(15)7-4-10(16)5-8-14;1-2;;1-2/h19H,4-9H2,1-3H3;4-9H2,1-3H3;2H,1H3;1H;2H,1H2. The molecular weight excluding hydrogens is 600 g/mol. The normalized spacial score (nSPS) is 22.5. The summed E-state index contributed by atoms with van der Waals surface area (Å²) in [6.07, 6.45) is 5.54. The van der Waals surface area contributed by atoms with Gasteiger partial charge in [0.25, 0.3) is 0 Å². The SMILES string of the molecule is CC(C)(C)OC(=O)N1C(=O)CCC12CCC(=NO)CC2.CC(C)(C)OC(=O)N1C(=O)CCC12CCC(=O)CC2.CO.Cl.NO. The van der Waals surface area contributed by atoms with E-state index < -0.39 is 34.5 Å². The third-order valence-corrected chi connectivity index (χ3v) is 7.85. The highest BCUT2D eigenvalue weighted by Crippen LogP contribution is 2.43. The van der Waals surface area contributed by atoms with E-state index >= 15 is 0 Å². The first-order valence-corrected chi connectivity index (χ1v) is 14.6. The Morgan fingerprint density at radius 1 is 0.682 bits per heavy atom. The molecule has 0 radical (unpaired) electrons. The summed E-state index contributed by atoms with van der Waals surface area (Å²) in [5, 5.41) is 25.6. The van der Waals surface area contributed by atoms with Crippen LogP contribution in [0.1, 0.15) is 119 Å². The minimum Gasteiger partial charge on any atom is -0.443 e. The molecule has 4 rings (SSSR count). The van der Waals surface area contributed by atoms with Gasteiger partial charge in [-0.05, 0) is 92.9 Å². The van der Waals surface area contributed by atoms with Crippen molar-refractivity contribution in [2.24, 2.45) is 11.1 Å². The Morgan fingerprint density at radius 2 is 0.977 bits per heavy atom. The van der Waals surface area contributed by atoms with Crippen molar-refractivity contribution in [1.82, 2.24) is 9.80 Å². The molecule has 15 heteroatoms. The van der Waals surface area contributed by atoms with E-state index in [0.717, 1.165) is 12.8 Å². The van der Waals surface area contributed by atoms with Gasteiger partial charge in [0.05, 0.1) is 16.8 Å². The number of halogens is 1. The van der Waals surface area contributed by atoms with Crippen LogP contribution in [0.4, 0.5) is 9.59 Å². The topological polar surface area (TPSA) is 209 Å². The molecule has 254 valence electrons. The van der Waals surface area contributed by atoms with Gasteiger partial charge in [-0.3, -0.25) is 14.4 Å². The van der Waals surface area contributed by atoms with Crippen LogP contribution in [0.2, 0.25) is 0 Å². The number of carbonyl (C=O) groups is 5. The second-order valence-electron chi connectivity index (χ2n) is 13.1.